The van der Waals surface area contributed by atoms with E-state index in [-0.39, 0.29) is 16.1 Å². The van der Waals surface area contributed by atoms with Crippen molar-refractivity contribution in [2.75, 3.05) is 22.7 Å². The van der Waals surface area contributed by atoms with Gasteiger partial charge in [-0.2, -0.15) is 0 Å². The van der Waals surface area contributed by atoms with Crippen LogP contribution in [0.4, 0.5) is 11.4 Å². The van der Waals surface area contributed by atoms with Gasteiger partial charge in [0, 0.05) is 18.8 Å². The summed E-state index contributed by atoms with van der Waals surface area (Å²) in [6, 6.07) is 9.77. The van der Waals surface area contributed by atoms with Crippen LogP contribution >= 0.6 is 0 Å². The zero-order valence-corrected chi connectivity index (χ0v) is 17.6. The van der Waals surface area contributed by atoms with Gasteiger partial charge in [-0.25, -0.2) is 13.2 Å². The van der Waals surface area contributed by atoms with Gasteiger partial charge in [0.1, 0.15) is 0 Å². The molecule has 2 N–H and O–H groups in total. The van der Waals surface area contributed by atoms with Crippen LogP contribution < -0.4 is 9.62 Å². The number of anilines is 2. The number of rotatable bonds is 9. The lowest BCUT2D eigenvalue weighted by Crippen LogP contribution is -2.27. The van der Waals surface area contributed by atoms with Crippen LogP contribution in [0.3, 0.4) is 0 Å². The van der Waals surface area contributed by atoms with E-state index in [2.05, 4.69) is 4.72 Å². The van der Waals surface area contributed by atoms with E-state index in [4.69, 9.17) is 0 Å². The summed E-state index contributed by atoms with van der Waals surface area (Å²) < 4.78 is 28.1. The lowest BCUT2D eigenvalue weighted by molar-refractivity contribution is 0.0697. The largest absolute Gasteiger partial charge is 0.478 e. The van der Waals surface area contributed by atoms with E-state index in [1.54, 1.807) is 37.3 Å². The van der Waals surface area contributed by atoms with Crippen LogP contribution in [0.25, 0.3) is 0 Å². The first-order chi connectivity index (χ1) is 13.2. The summed E-state index contributed by atoms with van der Waals surface area (Å²) in [6.07, 6.45) is 1.78. The first-order valence-corrected chi connectivity index (χ1v) is 10.9. The smallest absolute Gasteiger partial charge is 0.337 e. The van der Waals surface area contributed by atoms with Gasteiger partial charge < -0.3 is 10.0 Å². The number of carbonyl (C=O) groups is 1. The molecular weight excluding hydrogens is 376 g/mol. The van der Waals surface area contributed by atoms with Crippen LogP contribution in [0.5, 0.6) is 0 Å². The predicted molar refractivity (Wildman–Crippen MR) is 113 cm³/mol. The zero-order chi connectivity index (χ0) is 20.9. The zero-order valence-electron chi connectivity index (χ0n) is 16.8. The molecule has 2 rings (SSSR count). The minimum atomic E-state index is -3.81. The normalized spacial score (nSPS) is 11.3. The monoisotopic (exact) mass is 404 g/mol. The molecule has 0 aliphatic carbocycles. The summed E-state index contributed by atoms with van der Waals surface area (Å²) >= 11 is 0. The maximum atomic E-state index is 12.8. The number of carboxylic acids is 1. The number of benzene rings is 2. The van der Waals surface area contributed by atoms with Crippen LogP contribution in [0.1, 0.15) is 48.2 Å². The Bertz CT molecular complexity index is 949. The Morgan fingerprint density at radius 3 is 2.21 bits per heavy atom. The molecule has 0 fully saturated rings. The van der Waals surface area contributed by atoms with Crippen molar-refractivity contribution >= 4 is 27.4 Å². The van der Waals surface area contributed by atoms with E-state index in [0.717, 1.165) is 31.5 Å². The average molecular weight is 405 g/mol. The van der Waals surface area contributed by atoms with Crippen LogP contribution in [0.2, 0.25) is 0 Å². The minimum absolute atomic E-state index is 0.0859. The molecule has 0 unspecified atom stereocenters. The molecule has 0 amide bonds. The SMILES string of the molecule is CCCN(CCC)c1ccc(NS(=O)(=O)c2ccc(C)cc2C)cc1C(=O)O. The van der Waals surface area contributed by atoms with Gasteiger partial charge in [0.15, 0.2) is 0 Å². The summed E-state index contributed by atoms with van der Waals surface area (Å²) in [5.74, 6) is -1.08. The van der Waals surface area contributed by atoms with Crippen molar-refractivity contribution in [3.05, 3.63) is 53.1 Å². The molecule has 0 bridgehead atoms. The van der Waals surface area contributed by atoms with Crippen LogP contribution in [-0.2, 0) is 10.0 Å². The summed E-state index contributed by atoms with van der Waals surface area (Å²) in [5.41, 5.74) is 2.53. The third kappa shape index (κ3) is 5.04. The molecule has 0 aliphatic heterocycles. The molecule has 0 aliphatic rings. The van der Waals surface area contributed by atoms with E-state index in [1.807, 2.05) is 25.7 Å². The van der Waals surface area contributed by atoms with Crippen molar-refractivity contribution in [1.82, 2.24) is 0 Å². The minimum Gasteiger partial charge on any atom is -0.478 e. The van der Waals surface area contributed by atoms with Gasteiger partial charge in [0.05, 0.1) is 16.1 Å². The van der Waals surface area contributed by atoms with Crippen molar-refractivity contribution in [1.29, 1.82) is 0 Å². The highest BCUT2D eigenvalue weighted by Gasteiger charge is 2.20. The molecule has 152 valence electrons. The Hall–Kier alpha value is -2.54. The molecule has 2 aromatic carbocycles. The Morgan fingerprint density at radius 1 is 1.04 bits per heavy atom. The molecule has 0 aromatic heterocycles. The van der Waals surface area contributed by atoms with E-state index in [0.29, 0.717) is 11.3 Å². The van der Waals surface area contributed by atoms with Gasteiger partial charge in [0.2, 0.25) is 0 Å². The van der Waals surface area contributed by atoms with Gasteiger partial charge in [-0.3, -0.25) is 4.72 Å². The molecule has 6 nitrogen and oxygen atoms in total. The molecule has 0 radical (unpaired) electrons. The first-order valence-electron chi connectivity index (χ1n) is 9.42. The quantitative estimate of drug-likeness (QED) is 0.646. The summed E-state index contributed by atoms with van der Waals surface area (Å²) in [6.45, 7) is 9.18. The number of aryl methyl sites for hydroxylation is 2. The molecule has 0 heterocycles. The summed E-state index contributed by atoms with van der Waals surface area (Å²) in [7, 11) is -3.81. The first kappa shape index (κ1) is 21.8. The molecule has 7 heteroatoms. The fourth-order valence-corrected chi connectivity index (χ4v) is 4.53. The highest BCUT2D eigenvalue weighted by molar-refractivity contribution is 7.92. The van der Waals surface area contributed by atoms with Crippen molar-refractivity contribution < 1.29 is 18.3 Å². The van der Waals surface area contributed by atoms with Gasteiger partial charge in [-0.1, -0.05) is 31.5 Å². The standard InChI is InChI=1S/C21H28N2O4S/c1-5-11-23(12-6-2)19-9-8-17(14-18(19)21(24)25)22-28(26,27)20-10-7-15(3)13-16(20)4/h7-10,13-14,22H,5-6,11-12H2,1-4H3,(H,24,25). The highest BCUT2D eigenvalue weighted by atomic mass is 32.2. The molecule has 2 aromatic rings. The lowest BCUT2D eigenvalue weighted by atomic mass is 10.1. The Labute approximate surface area is 167 Å². The number of carboxylic acid groups (broad SMARTS) is 1. The van der Waals surface area contributed by atoms with E-state index in [9.17, 15) is 18.3 Å². The molecular formula is C21H28N2O4S. The van der Waals surface area contributed by atoms with Crippen LogP contribution in [-0.4, -0.2) is 32.6 Å². The number of nitrogens with zero attached hydrogens (tertiary/aromatic N) is 1. The van der Waals surface area contributed by atoms with Crippen molar-refractivity contribution in [3.63, 3.8) is 0 Å². The molecule has 0 saturated carbocycles. The fraction of sp³-hybridized carbons (Fsp3) is 0.381. The number of hydrogen-bond acceptors (Lipinski definition) is 4. The molecule has 28 heavy (non-hydrogen) atoms. The number of aromatic carboxylic acids is 1. The Kier molecular flexibility index (Phi) is 7.07. The second kappa shape index (κ2) is 9.10. The topological polar surface area (TPSA) is 86.7 Å². The van der Waals surface area contributed by atoms with Gasteiger partial charge in [0.25, 0.3) is 10.0 Å². The second-order valence-electron chi connectivity index (χ2n) is 6.90. The van der Waals surface area contributed by atoms with Crippen LogP contribution in [0.15, 0.2) is 41.3 Å². The van der Waals surface area contributed by atoms with Crippen molar-refractivity contribution in [3.8, 4) is 0 Å². The Morgan fingerprint density at radius 2 is 1.68 bits per heavy atom. The van der Waals surface area contributed by atoms with Gasteiger partial charge >= 0.3 is 5.97 Å². The summed E-state index contributed by atoms with van der Waals surface area (Å²) in [5, 5.41) is 9.66. The van der Waals surface area contributed by atoms with E-state index < -0.39 is 16.0 Å². The third-order valence-corrected chi connectivity index (χ3v) is 5.97. The second-order valence-corrected chi connectivity index (χ2v) is 8.55. The van der Waals surface area contributed by atoms with Crippen molar-refractivity contribution in [2.24, 2.45) is 0 Å². The Balaban J connectivity index is 2.41. The highest BCUT2D eigenvalue weighted by Crippen LogP contribution is 2.27. The number of sulfonamides is 1. The molecule has 0 saturated heterocycles. The maximum absolute atomic E-state index is 12.8. The molecule has 0 spiro atoms. The number of nitrogens with one attached hydrogen (secondary N) is 1. The maximum Gasteiger partial charge on any atom is 0.337 e. The lowest BCUT2D eigenvalue weighted by Gasteiger charge is -2.25. The average Bonchev–Trinajstić information content (AvgIpc) is 2.60. The van der Waals surface area contributed by atoms with Crippen LogP contribution in [0, 0.1) is 13.8 Å². The molecule has 0 atom stereocenters. The van der Waals surface area contributed by atoms with E-state index in [1.165, 1.54) is 6.07 Å². The fourth-order valence-electron chi connectivity index (χ4n) is 3.25. The van der Waals surface area contributed by atoms with Gasteiger partial charge in [-0.15, -0.1) is 0 Å². The van der Waals surface area contributed by atoms with Crippen molar-refractivity contribution in [2.45, 2.75) is 45.4 Å². The van der Waals surface area contributed by atoms with E-state index >= 15 is 0 Å². The predicted octanol–water partition coefficient (Wildman–Crippen LogP) is 4.43. The van der Waals surface area contributed by atoms with Gasteiger partial charge in [-0.05, 0) is 56.5 Å². The number of hydrogen-bond donors (Lipinski definition) is 2. The third-order valence-electron chi connectivity index (χ3n) is 4.43. The summed E-state index contributed by atoms with van der Waals surface area (Å²) in [4.78, 5) is 14.0.